The van der Waals surface area contributed by atoms with Crippen LogP contribution in [0.2, 0.25) is 0 Å². The van der Waals surface area contributed by atoms with Crippen molar-refractivity contribution in [2.45, 2.75) is 26.9 Å². The van der Waals surface area contributed by atoms with E-state index in [4.69, 9.17) is 4.74 Å². The third kappa shape index (κ3) is 5.34. The van der Waals surface area contributed by atoms with Gasteiger partial charge < -0.3 is 15.0 Å². The molecular formula is C22H28N6O. The molecule has 3 rings (SSSR count). The van der Waals surface area contributed by atoms with Gasteiger partial charge in [-0.2, -0.15) is 0 Å². The lowest BCUT2D eigenvalue weighted by Crippen LogP contribution is -2.38. The summed E-state index contributed by atoms with van der Waals surface area (Å²) in [6.45, 7) is 6.02. The van der Waals surface area contributed by atoms with E-state index in [0.29, 0.717) is 13.2 Å². The molecule has 0 aliphatic rings. The number of guanidine groups is 1. The highest BCUT2D eigenvalue weighted by Gasteiger charge is 2.08. The van der Waals surface area contributed by atoms with Crippen LogP contribution in [0.15, 0.2) is 60.0 Å². The first kappa shape index (κ1) is 20.4. The Kier molecular flexibility index (Phi) is 6.84. The van der Waals surface area contributed by atoms with Gasteiger partial charge in [0.1, 0.15) is 17.4 Å². The van der Waals surface area contributed by atoms with Crippen molar-refractivity contribution in [1.29, 1.82) is 0 Å². The van der Waals surface area contributed by atoms with E-state index in [1.54, 1.807) is 13.2 Å². The topological polar surface area (TPSA) is 67.6 Å². The predicted molar refractivity (Wildman–Crippen MR) is 115 cm³/mol. The van der Waals surface area contributed by atoms with Crippen molar-refractivity contribution in [1.82, 2.24) is 24.8 Å². The Bertz CT molecular complexity index is 931. The number of imidazole rings is 1. The molecule has 0 atom stereocenters. The second-order valence-corrected chi connectivity index (χ2v) is 6.70. The van der Waals surface area contributed by atoms with Crippen molar-refractivity contribution in [2.24, 2.45) is 4.99 Å². The Labute approximate surface area is 172 Å². The van der Waals surface area contributed by atoms with Crippen molar-refractivity contribution in [3.8, 4) is 11.6 Å². The Balaban J connectivity index is 1.56. The van der Waals surface area contributed by atoms with Gasteiger partial charge in [-0.1, -0.05) is 18.2 Å². The van der Waals surface area contributed by atoms with Gasteiger partial charge in [-0.05, 0) is 43.2 Å². The summed E-state index contributed by atoms with van der Waals surface area (Å²) in [5.74, 6) is 3.50. The first-order valence-corrected chi connectivity index (χ1v) is 9.69. The molecule has 3 aromatic rings. The largest absolute Gasteiger partial charge is 0.494 e. The van der Waals surface area contributed by atoms with Crippen molar-refractivity contribution < 1.29 is 4.74 Å². The lowest BCUT2D eigenvalue weighted by molar-refractivity contribution is 0.340. The number of nitrogens with one attached hydrogen (secondary N) is 1. The van der Waals surface area contributed by atoms with Crippen molar-refractivity contribution in [3.05, 3.63) is 71.9 Å². The maximum atomic E-state index is 5.50. The SMILES string of the molecule is CCOc1ccc(CN(C)C(=NC)NCc2ccc(-n3ccnc3C)nc2)cc1. The molecule has 0 amide bonds. The fourth-order valence-corrected chi connectivity index (χ4v) is 3.06. The van der Waals surface area contributed by atoms with E-state index in [1.807, 2.05) is 56.1 Å². The molecule has 0 aliphatic heterocycles. The number of rotatable bonds is 7. The normalized spacial score (nSPS) is 11.4. The third-order valence-corrected chi connectivity index (χ3v) is 4.56. The standard InChI is InChI=1S/C22H28N6O/c1-5-29-20-9-6-18(7-10-20)16-27(4)22(23-3)26-15-19-8-11-21(25-14-19)28-13-12-24-17(28)2/h6-14H,5,15-16H2,1-4H3,(H,23,26). The molecule has 2 aromatic heterocycles. The predicted octanol–water partition coefficient (Wildman–Crippen LogP) is 3.18. The number of aliphatic imine (C=N–C) groups is 1. The number of ether oxygens (including phenoxy) is 1. The monoisotopic (exact) mass is 392 g/mol. The van der Waals surface area contributed by atoms with Crippen LogP contribution >= 0.6 is 0 Å². The summed E-state index contributed by atoms with van der Waals surface area (Å²) >= 11 is 0. The molecule has 0 aliphatic carbocycles. The van der Waals surface area contributed by atoms with E-state index < -0.39 is 0 Å². The van der Waals surface area contributed by atoms with Gasteiger partial charge in [0.05, 0.1) is 6.61 Å². The molecule has 2 heterocycles. The van der Waals surface area contributed by atoms with Crippen LogP contribution in [-0.4, -0.2) is 46.1 Å². The van der Waals surface area contributed by atoms with Crippen molar-refractivity contribution in [3.63, 3.8) is 0 Å². The van der Waals surface area contributed by atoms with E-state index in [1.165, 1.54) is 5.56 Å². The third-order valence-electron chi connectivity index (χ3n) is 4.56. The molecule has 152 valence electrons. The number of nitrogens with zero attached hydrogens (tertiary/aromatic N) is 5. The summed E-state index contributed by atoms with van der Waals surface area (Å²) in [7, 11) is 3.81. The maximum absolute atomic E-state index is 5.50. The lowest BCUT2D eigenvalue weighted by Gasteiger charge is -2.22. The van der Waals surface area contributed by atoms with Crippen molar-refractivity contribution in [2.75, 3.05) is 20.7 Å². The van der Waals surface area contributed by atoms with Crippen LogP contribution < -0.4 is 10.1 Å². The van der Waals surface area contributed by atoms with Crippen LogP contribution in [0.3, 0.4) is 0 Å². The highest BCUT2D eigenvalue weighted by molar-refractivity contribution is 5.79. The van der Waals surface area contributed by atoms with Gasteiger partial charge in [0.25, 0.3) is 0 Å². The molecular weight excluding hydrogens is 364 g/mol. The molecule has 0 spiro atoms. The summed E-state index contributed by atoms with van der Waals surface area (Å²) in [6, 6.07) is 12.2. The summed E-state index contributed by atoms with van der Waals surface area (Å²) in [6.07, 6.45) is 5.56. The maximum Gasteiger partial charge on any atom is 0.193 e. The van der Waals surface area contributed by atoms with Crippen LogP contribution in [0.25, 0.3) is 5.82 Å². The number of aromatic nitrogens is 3. The molecule has 29 heavy (non-hydrogen) atoms. The van der Waals surface area contributed by atoms with E-state index in [9.17, 15) is 0 Å². The fourth-order valence-electron chi connectivity index (χ4n) is 3.06. The van der Waals surface area contributed by atoms with Gasteiger partial charge in [0, 0.05) is 45.8 Å². The fraction of sp³-hybridized carbons (Fsp3) is 0.318. The molecule has 0 fully saturated rings. The van der Waals surface area contributed by atoms with Gasteiger partial charge in [-0.25, -0.2) is 9.97 Å². The zero-order chi connectivity index (χ0) is 20.6. The van der Waals surface area contributed by atoms with E-state index >= 15 is 0 Å². The van der Waals surface area contributed by atoms with Gasteiger partial charge in [0.2, 0.25) is 0 Å². The molecule has 7 heteroatoms. The Morgan fingerprint density at radius 1 is 1.14 bits per heavy atom. The molecule has 0 bridgehead atoms. The average molecular weight is 393 g/mol. The Morgan fingerprint density at radius 2 is 1.90 bits per heavy atom. The second kappa shape index (κ2) is 9.73. The van der Waals surface area contributed by atoms with E-state index in [-0.39, 0.29) is 0 Å². The number of hydrogen-bond donors (Lipinski definition) is 1. The lowest BCUT2D eigenvalue weighted by atomic mass is 10.2. The van der Waals surface area contributed by atoms with Crippen LogP contribution in [0.5, 0.6) is 5.75 Å². The first-order chi connectivity index (χ1) is 14.1. The number of aryl methyl sites for hydroxylation is 1. The van der Waals surface area contributed by atoms with Gasteiger partial charge in [-0.15, -0.1) is 0 Å². The minimum Gasteiger partial charge on any atom is -0.494 e. The van der Waals surface area contributed by atoms with Crippen LogP contribution in [0.4, 0.5) is 0 Å². The molecule has 7 nitrogen and oxygen atoms in total. The zero-order valence-electron chi connectivity index (χ0n) is 17.5. The average Bonchev–Trinajstić information content (AvgIpc) is 3.16. The van der Waals surface area contributed by atoms with E-state index in [2.05, 4.69) is 43.4 Å². The van der Waals surface area contributed by atoms with Crippen molar-refractivity contribution >= 4 is 5.96 Å². The van der Waals surface area contributed by atoms with Gasteiger partial charge in [-0.3, -0.25) is 9.56 Å². The van der Waals surface area contributed by atoms with Gasteiger partial charge in [0.15, 0.2) is 5.96 Å². The summed E-state index contributed by atoms with van der Waals surface area (Å²) < 4.78 is 7.46. The zero-order valence-corrected chi connectivity index (χ0v) is 17.5. The van der Waals surface area contributed by atoms with Crippen LogP contribution in [-0.2, 0) is 13.1 Å². The number of benzene rings is 1. The quantitative estimate of drug-likeness (QED) is 0.494. The molecule has 0 saturated carbocycles. The first-order valence-electron chi connectivity index (χ1n) is 9.69. The molecule has 1 aromatic carbocycles. The minimum absolute atomic E-state index is 0.649. The number of pyridine rings is 1. The molecule has 0 radical (unpaired) electrons. The van der Waals surface area contributed by atoms with E-state index in [0.717, 1.165) is 35.5 Å². The highest BCUT2D eigenvalue weighted by Crippen LogP contribution is 2.13. The molecule has 0 saturated heterocycles. The van der Waals surface area contributed by atoms with Crippen LogP contribution in [0.1, 0.15) is 23.9 Å². The smallest absolute Gasteiger partial charge is 0.193 e. The summed E-state index contributed by atoms with van der Waals surface area (Å²) in [5, 5.41) is 3.40. The van der Waals surface area contributed by atoms with Crippen LogP contribution in [0, 0.1) is 6.92 Å². The second-order valence-electron chi connectivity index (χ2n) is 6.70. The molecule has 0 unspecified atom stereocenters. The summed E-state index contributed by atoms with van der Waals surface area (Å²) in [5.41, 5.74) is 2.28. The summed E-state index contributed by atoms with van der Waals surface area (Å²) in [4.78, 5) is 15.3. The Morgan fingerprint density at radius 3 is 2.48 bits per heavy atom. The molecule has 1 N–H and O–H groups in total. The highest BCUT2D eigenvalue weighted by atomic mass is 16.5. The number of hydrogen-bond acceptors (Lipinski definition) is 4. The van der Waals surface area contributed by atoms with Gasteiger partial charge >= 0.3 is 0 Å². The minimum atomic E-state index is 0.649. The Hall–Kier alpha value is -3.35.